The summed E-state index contributed by atoms with van der Waals surface area (Å²) in [6.07, 6.45) is -5.54. The van der Waals surface area contributed by atoms with Crippen molar-refractivity contribution in [2.45, 2.75) is 75.7 Å². The number of rotatable bonds is 18. The fourth-order valence-corrected chi connectivity index (χ4v) is 6.95. The molecule has 0 radical (unpaired) electrons. The van der Waals surface area contributed by atoms with Gasteiger partial charge in [-0.1, -0.05) is 84.9 Å². The molecule has 4 atom stereocenters. The lowest BCUT2D eigenvalue weighted by molar-refractivity contribution is -0.140. The number of hydrogen-bond donors (Lipinski definition) is 4. The number of carbonyl (C=O) groups is 4. The van der Waals surface area contributed by atoms with E-state index in [9.17, 15) is 32.3 Å². The van der Waals surface area contributed by atoms with Crippen molar-refractivity contribution in [2.75, 3.05) is 13.1 Å². The number of likely N-dealkylation sites (tertiary alicyclic amines) is 1. The molecule has 6 rings (SSSR count). The Labute approximate surface area is 349 Å². The number of para-hydroxylation sites is 2. The fourth-order valence-electron chi connectivity index (χ4n) is 6.95. The zero-order valence-corrected chi connectivity index (χ0v) is 33.1. The molecule has 1 fully saturated rings. The summed E-state index contributed by atoms with van der Waals surface area (Å²) in [4.78, 5) is 65.8. The molecule has 61 heavy (non-hydrogen) atoms. The second kappa shape index (κ2) is 20.5. The SMILES string of the molecule is NC(N)=NCCC[C@H](NC(=O)[C@@H]1C[C@@H](OCc2cccc(C(F)(F)F)c2)CN1C(=O)[C@@H](CCc1ccccc1)NC(=O)OCc1ccccc1)C(=O)c1nc2ccccc2o1. The van der Waals surface area contributed by atoms with Crippen LogP contribution in [-0.4, -0.2) is 76.9 Å². The van der Waals surface area contributed by atoms with Crippen molar-refractivity contribution in [2.24, 2.45) is 16.5 Å². The normalized spacial score (nSPS) is 16.1. The largest absolute Gasteiger partial charge is 0.445 e. The Hall–Kier alpha value is -6.75. The quantitative estimate of drug-likeness (QED) is 0.0368. The molecule has 2 heterocycles. The van der Waals surface area contributed by atoms with E-state index in [1.54, 1.807) is 48.5 Å². The number of aryl methyl sites for hydroxylation is 1. The molecule has 3 amide bonds. The van der Waals surface area contributed by atoms with E-state index in [0.29, 0.717) is 17.5 Å². The fraction of sp³-hybridized carbons (Fsp3) is 0.318. The molecule has 1 saturated heterocycles. The second-order valence-electron chi connectivity index (χ2n) is 14.5. The Balaban J connectivity index is 1.26. The number of nitrogens with one attached hydrogen (secondary N) is 2. The molecule has 0 saturated carbocycles. The van der Waals surface area contributed by atoms with Gasteiger partial charge in [0, 0.05) is 19.5 Å². The van der Waals surface area contributed by atoms with Crippen LogP contribution in [0.1, 0.15) is 58.6 Å². The lowest BCUT2D eigenvalue weighted by atomic mass is 10.0. The Kier molecular flexibility index (Phi) is 14.7. The number of alkyl carbamates (subject to hydrolysis) is 1. The summed E-state index contributed by atoms with van der Waals surface area (Å²) in [5.74, 6) is -2.38. The highest BCUT2D eigenvalue weighted by atomic mass is 19.4. The van der Waals surface area contributed by atoms with Crippen LogP contribution in [0.5, 0.6) is 0 Å². The third kappa shape index (κ3) is 12.4. The minimum Gasteiger partial charge on any atom is -0.445 e. The van der Waals surface area contributed by atoms with Crippen molar-refractivity contribution in [3.8, 4) is 0 Å². The van der Waals surface area contributed by atoms with Crippen LogP contribution in [-0.2, 0) is 44.9 Å². The molecule has 17 heteroatoms. The number of ketones is 1. The number of guanidine groups is 1. The van der Waals surface area contributed by atoms with Crippen molar-refractivity contribution in [1.29, 1.82) is 0 Å². The third-order valence-corrected chi connectivity index (χ3v) is 10.0. The minimum absolute atomic E-state index is 0.0602. The van der Waals surface area contributed by atoms with E-state index in [1.807, 2.05) is 36.4 Å². The molecule has 14 nitrogen and oxygen atoms in total. The number of benzene rings is 4. The summed E-state index contributed by atoms with van der Waals surface area (Å²) in [6, 6.07) is 26.1. The number of aliphatic imine (C=N–C) groups is 1. The molecule has 0 unspecified atom stereocenters. The van der Waals surface area contributed by atoms with Crippen molar-refractivity contribution in [3.05, 3.63) is 137 Å². The monoisotopic (exact) mass is 841 g/mol. The molecule has 6 N–H and O–H groups in total. The number of nitrogens with zero attached hydrogens (tertiary/aromatic N) is 3. The summed E-state index contributed by atoms with van der Waals surface area (Å²) in [6.45, 7) is -0.335. The second-order valence-corrected chi connectivity index (χ2v) is 14.5. The highest BCUT2D eigenvalue weighted by Gasteiger charge is 2.44. The number of carbonyl (C=O) groups excluding carboxylic acids is 4. The number of aromatic nitrogens is 1. The van der Waals surface area contributed by atoms with Crippen LogP contribution in [0.2, 0.25) is 0 Å². The number of amides is 3. The molecule has 1 aromatic heterocycles. The van der Waals surface area contributed by atoms with Crippen molar-refractivity contribution in [1.82, 2.24) is 20.5 Å². The average molecular weight is 842 g/mol. The molecule has 0 spiro atoms. The van der Waals surface area contributed by atoms with Crippen LogP contribution in [0, 0.1) is 0 Å². The van der Waals surface area contributed by atoms with Crippen LogP contribution >= 0.6 is 0 Å². The molecular weight excluding hydrogens is 796 g/mol. The number of hydrogen-bond acceptors (Lipinski definition) is 9. The van der Waals surface area contributed by atoms with Gasteiger partial charge in [0.2, 0.25) is 17.6 Å². The molecule has 1 aliphatic rings. The third-order valence-electron chi connectivity index (χ3n) is 10.0. The number of oxazole rings is 1. The van der Waals surface area contributed by atoms with Crippen molar-refractivity contribution in [3.63, 3.8) is 0 Å². The predicted molar refractivity (Wildman–Crippen MR) is 219 cm³/mol. The minimum atomic E-state index is -4.57. The highest BCUT2D eigenvalue weighted by molar-refractivity contribution is 6.01. The summed E-state index contributed by atoms with van der Waals surface area (Å²) < 4.78 is 57.8. The van der Waals surface area contributed by atoms with Crippen LogP contribution in [0.4, 0.5) is 18.0 Å². The molecular formula is C44H46F3N7O7. The van der Waals surface area contributed by atoms with E-state index in [-0.39, 0.29) is 69.4 Å². The number of Topliss-reactive ketones (excluding diaryl/α,β-unsaturated/α-hetero) is 1. The topological polar surface area (TPSA) is 204 Å². The smallest absolute Gasteiger partial charge is 0.416 e. The predicted octanol–water partition coefficient (Wildman–Crippen LogP) is 5.68. The average Bonchev–Trinajstić information content (AvgIpc) is 3.90. The number of fused-ring (bicyclic) bond motifs is 1. The lowest BCUT2D eigenvalue weighted by Crippen LogP contribution is -2.55. The number of nitrogens with two attached hydrogens (primary N) is 2. The molecule has 0 aliphatic carbocycles. The summed E-state index contributed by atoms with van der Waals surface area (Å²) >= 11 is 0. The molecule has 4 aromatic carbocycles. The van der Waals surface area contributed by atoms with E-state index < -0.39 is 59.7 Å². The first-order valence-electron chi connectivity index (χ1n) is 19.7. The van der Waals surface area contributed by atoms with Crippen LogP contribution in [0.15, 0.2) is 119 Å². The maximum atomic E-state index is 14.6. The van der Waals surface area contributed by atoms with Crippen LogP contribution < -0.4 is 22.1 Å². The first kappa shape index (κ1) is 43.8. The van der Waals surface area contributed by atoms with Gasteiger partial charge in [-0.15, -0.1) is 0 Å². The van der Waals surface area contributed by atoms with Crippen molar-refractivity contribution >= 4 is 40.8 Å². The Morgan fingerprint density at radius 2 is 1.52 bits per heavy atom. The standard InChI is InChI=1S/C44H46F3N7O7/c45-44(46,47)31-16-9-15-30(23-31)27-59-32-24-36(39(56)51-34(18-10-22-50-42(48)49)38(55)40-52-33-17-7-8-19-37(33)61-40)54(25-32)41(57)35(21-20-28-11-3-1-4-12-28)53-43(58)60-26-29-13-5-2-6-14-29/h1-9,11-17,19,23,32,34-36H,10,18,20-22,24-27H2,(H,51,56)(H,53,58)(H4,48,49,50)/t32-,34+,35-,36+/m1/s1. The van der Waals surface area contributed by atoms with E-state index in [1.165, 1.54) is 17.0 Å². The Bertz CT molecular complexity index is 2270. The molecule has 5 aromatic rings. The van der Waals surface area contributed by atoms with E-state index in [2.05, 4.69) is 20.6 Å². The molecule has 0 bridgehead atoms. The first-order chi connectivity index (χ1) is 29.3. The van der Waals surface area contributed by atoms with Gasteiger partial charge in [-0.05, 0) is 66.6 Å². The van der Waals surface area contributed by atoms with Crippen molar-refractivity contribution < 1.29 is 46.2 Å². The van der Waals surface area contributed by atoms with Crippen LogP contribution in [0.25, 0.3) is 11.1 Å². The zero-order chi connectivity index (χ0) is 43.4. The molecule has 1 aliphatic heterocycles. The summed E-state index contributed by atoms with van der Waals surface area (Å²) in [5.41, 5.74) is 12.8. The van der Waals surface area contributed by atoms with Gasteiger partial charge in [-0.2, -0.15) is 13.2 Å². The van der Waals surface area contributed by atoms with E-state index in [0.717, 1.165) is 23.3 Å². The first-order valence-corrected chi connectivity index (χ1v) is 19.7. The van der Waals surface area contributed by atoms with E-state index >= 15 is 0 Å². The van der Waals surface area contributed by atoms with Gasteiger partial charge in [0.15, 0.2) is 11.5 Å². The Morgan fingerprint density at radius 3 is 2.23 bits per heavy atom. The van der Waals surface area contributed by atoms with Gasteiger partial charge in [-0.3, -0.25) is 19.4 Å². The van der Waals surface area contributed by atoms with E-state index in [4.69, 9.17) is 25.4 Å². The van der Waals surface area contributed by atoms with Gasteiger partial charge < -0.3 is 40.9 Å². The van der Waals surface area contributed by atoms with Gasteiger partial charge >= 0.3 is 12.3 Å². The summed E-state index contributed by atoms with van der Waals surface area (Å²) in [5, 5.41) is 5.47. The van der Waals surface area contributed by atoms with Crippen LogP contribution in [0.3, 0.4) is 0 Å². The number of alkyl halides is 3. The van der Waals surface area contributed by atoms with Gasteiger partial charge in [0.05, 0.1) is 24.3 Å². The van der Waals surface area contributed by atoms with Gasteiger partial charge in [-0.25, -0.2) is 9.78 Å². The highest BCUT2D eigenvalue weighted by Crippen LogP contribution is 2.30. The number of ether oxygens (including phenoxy) is 2. The Morgan fingerprint density at radius 1 is 0.836 bits per heavy atom. The summed E-state index contributed by atoms with van der Waals surface area (Å²) in [7, 11) is 0. The maximum absolute atomic E-state index is 14.6. The van der Waals surface area contributed by atoms with Gasteiger partial charge in [0.1, 0.15) is 24.2 Å². The molecule has 320 valence electrons. The number of halogens is 3. The zero-order valence-electron chi connectivity index (χ0n) is 33.1. The lowest BCUT2D eigenvalue weighted by Gasteiger charge is -2.29. The van der Waals surface area contributed by atoms with Gasteiger partial charge in [0.25, 0.3) is 5.89 Å². The maximum Gasteiger partial charge on any atom is 0.416 e.